The number of H-pyrrole nitrogens is 1. The van der Waals surface area contributed by atoms with Crippen LogP contribution in [-0.2, 0) is 4.79 Å². The molecule has 0 fully saturated rings. The molecule has 122 valence electrons. The molecule has 0 spiro atoms. The van der Waals surface area contributed by atoms with Crippen molar-refractivity contribution in [3.63, 3.8) is 0 Å². The highest BCUT2D eigenvalue weighted by molar-refractivity contribution is 5.89. The highest BCUT2D eigenvalue weighted by Gasteiger charge is 2.10. The molecule has 0 saturated carbocycles. The number of aromatic amines is 1. The number of nitrogens with zero attached hydrogens (tertiary/aromatic N) is 4. The van der Waals surface area contributed by atoms with Gasteiger partial charge in [0.05, 0.1) is 22.7 Å². The van der Waals surface area contributed by atoms with Gasteiger partial charge in [0.1, 0.15) is 0 Å². The summed E-state index contributed by atoms with van der Waals surface area (Å²) in [5.74, 6) is 0.899. The van der Waals surface area contributed by atoms with Crippen LogP contribution < -0.4 is 10.6 Å². The van der Waals surface area contributed by atoms with Gasteiger partial charge in [0.15, 0.2) is 0 Å². The standard InChI is InChI=1S/C17H13N7O/c1-10(25)19-12-3-2-4-13(8-12)20-16-22-17-21-14-7-11(9-18)5-6-15(14)24(17)23-16/h2-8H,1H3,(H,19,25)(H2,20,21,22,23). The van der Waals surface area contributed by atoms with Crippen LogP contribution in [0.4, 0.5) is 17.3 Å². The Bertz CT molecular complexity index is 1150. The van der Waals surface area contributed by atoms with Gasteiger partial charge in [-0.1, -0.05) is 6.07 Å². The van der Waals surface area contributed by atoms with Crippen molar-refractivity contribution in [2.24, 2.45) is 0 Å². The Morgan fingerprint density at radius 2 is 2.04 bits per heavy atom. The first kappa shape index (κ1) is 14.7. The zero-order chi connectivity index (χ0) is 17.4. The summed E-state index contributed by atoms with van der Waals surface area (Å²) in [6.07, 6.45) is 0. The number of imidazole rings is 1. The number of carbonyl (C=O) groups is 1. The Labute approximate surface area is 142 Å². The molecule has 2 heterocycles. The fourth-order valence-electron chi connectivity index (χ4n) is 2.62. The van der Waals surface area contributed by atoms with Gasteiger partial charge in [-0.25, -0.2) is 9.50 Å². The van der Waals surface area contributed by atoms with Crippen LogP contribution >= 0.6 is 0 Å². The van der Waals surface area contributed by atoms with Crippen LogP contribution in [0, 0.1) is 11.3 Å². The molecule has 3 N–H and O–H groups in total. The van der Waals surface area contributed by atoms with Gasteiger partial charge >= 0.3 is 0 Å². The van der Waals surface area contributed by atoms with Crippen LogP contribution in [0.3, 0.4) is 0 Å². The zero-order valence-electron chi connectivity index (χ0n) is 13.2. The van der Waals surface area contributed by atoms with Crippen molar-refractivity contribution in [1.29, 1.82) is 5.26 Å². The van der Waals surface area contributed by atoms with Gasteiger partial charge in [-0.05, 0) is 36.4 Å². The molecule has 0 aliphatic carbocycles. The van der Waals surface area contributed by atoms with E-state index in [4.69, 9.17) is 5.26 Å². The Morgan fingerprint density at radius 1 is 1.20 bits per heavy atom. The Kier molecular flexibility index (Phi) is 3.32. The second-order valence-corrected chi connectivity index (χ2v) is 5.52. The highest BCUT2D eigenvalue weighted by atomic mass is 16.1. The predicted molar refractivity (Wildman–Crippen MR) is 93.6 cm³/mol. The predicted octanol–water partition coefficient (Wildman–Crippen LogP) is 2.78. The van der Waals surface area contributed by atoms with E-state index >= 15 is 0 Å². The van der Waals surface area contributed by atoms with Crippen molar-refractivity contribution in [3.8, 4) is 6.07 Å². The van der Waals surface area contributed by atoms with E-state index in [9.17, 15) is 4.79 Å². The first-order chi connectivity index (χ1) is 12.1. The van der Waals surface area contributed by atoms with Crippen LogP contribution in [0.15, 0.2) is 42.5 Å². The molecule has 25 heavy (non-hydrogen) atoms. The molecule has 2 aromatic carbocycles. The first-order valence-electron chi connectivity index (χ1n) is 7.55. The topological polar surface area (TPSA) is 111 Å². The second-order valence-electron chi connectivity index (χ2n) is 5.52. The lowest BCUT2D eigenvalue weighted by molar-refractivity contribution is -0.114. The number of hydrogen-bond donors (Lipinski definition) is 3. The fraction of sp³-hybridized carbons (Fsp3) is 0.0588. The molecule has 4 aromatic rings. The molecule has 2 aromatic heterocycles. The van der Waals surface area contributed by atoms with Gasteiger partial charge in [-0.15, -0.1) is 0 Å². The Morgan fingerprint density at radius 3 is 2.84 bits per heavy atom. The van der Waals surface area contributed by atoms with Crippen LogP contribution in [0.1, 0.15) is 12.5 Å². The summed E-state index contributed by atoms with van der Waals surface area (Å²) in [7, 11) is 0. The molecule has 4 rings (SSSR count). The van der Waals surface area contributed by atoms with Crippen LogP contribution in [0.2, 0.25) is 0 Å². The molecule has 0 radical (unpaired) electrons. The smallest absolute Gasteiger partial charge is 0.253 e. The average Bonchev–Trinajstić information content (AvgIpc) is 3.10. The Balaban J connectivity index is 1.66. The van der Waals surface area contributed by atoms with Crippen molar-refractivity contribution in [2.75, 3.05) is 10.6 Å². The summed E-state index contributed by atoms with van der Waals surface area (Å²) >= 11 is 0. The number of nitriles is 1. The minimum atomic E-state index is -0.128. The molecule has 1 amide bonds. The van der Waals surface area contributed by atoms with Crippen LogP contribution in [0.25, 0.3) is 16.8 Å². The van der Waals surface area contributed by atoms with Crippen molar-refractivity contribution in [2.45, 2.75) is 6.92 Å². The van der Waals surface area contributed by atoms with Gasteiger partial charge in [-0.3, -0.25) is 9.89 Å². The highest BCUT2D eigenvalue weighted by Crippen LogP contribution is 2.21. The van der Waals surface area contributed by atoms with Gasteiger partial charge in [-0.2, -0.15) is 10.2 Å². The number of fused-ring (bicyclic) bond motifs is 3. The average molecular weight is 331 g/mol. The van der Waals surface area contributed by atoms with Gasteiger partial charge in [0.25, 0.3) is 5.78 Å². The lowest BCUT2D eigenvalue weighted by Crippen LogP contribution is -2.05. The third-order valence-corrected chi connectivity index (χ3v) is 3.64. The summed E-state index contributed by atoms with van der Waals surface area (Å²) in [6.45, 7) is 1.46. The van der Waals surface area contributed by atoms with Crippen molar-refractivity contribution >= 4 is 40.0 Å². The number of nitrogens with one attached hydrogen (secondary N) is 3. The number of anilines is 3. The lowest BCUT2D eigenvalue weighted by atomic mass is 10.2. The molecule has 8 nitrogen and oxygen atoms in total. The lowest BCUT2D eigenvalue weighted by Gasteiger charge is -2.06. The van der Waals surface area contributed by atoms with E-state index in [1.165, 1.54) is 6.92 Å². The van der Waals surface area contributed by atoms with E-state index in [-0.39, 0.29) is 5.91 Å². The third-order valence-electron chi connectivity index (χ3n) is 3.64. The van der Waals surface area contributed by atoms with E-state index in [1.807, 2.05) is 30.3 Å². The number of amides is 1. The van der Waals surface area contributed by atoms with Gasteiger partial charge in [0.2, 0.25) is 11.9 Å². The molecule has 0 saturated heterocycles. The molecule has 0 atom stereocenters. The van der Waals surface area contributed by atoms with E-state index < -0.39 is 0 Å². The van der Waals surface area contributed by atoms with Crippen LogP contribution in [0.5, 0.6) is 0 Å². The SMILES string of the molecule is CC(=O)Nc1cccc(Nc2nc3nc4cc(C#N)ccc4n3[nH]2)c1. The maximum Gasteiger partial charge on any atom is 0.253 e. The number of hydrogen-bond acceptors (Lipinski definition) is 5. The largest absolute Gasteiger partial charge is 0.326 e. The minimum Gasteiger partial charge on any atom is -0.326 e. The second kappa shape index (κ2) is 5.65. The van der Waals surface area contributed by atoms with Crippen LogP contribution in [-0.4, -0.2) is 25.5 Å². The van der Waals surface area contributed by atoms with E-state index in [2.05, 4.69) is 31.8 Å². The number of rotatable bonds is 3. The summed E-state index contributed by atoms with van der Waals surface area (Å²) in [5, 5.41) is 18.0. The molecule has 0 unspecified atom stereocenters. The number of benzene rings is 2. The van der Waals surface area contributed by atoms with E-state index in [0.29, 0.717) is 28.5 Å². The maximum absolute atomic E-state index is 11.2. The summed E-state index contributed by atoms with van der Waals surface area (Å²) in [4.78, 5) is 20.0. The fourth-order valence-corrected chi connectivity index (χ4v) is 2.62. The van der Waals surface area contributed by atoms with Crippen molar-refractivity contribution < 1.29 is 4.79 Å². The first-order valence-corrected chi connectivity index (χ1v) is 7.55. The molecule has 0 aliphatic rings. The Hall–Kier alpha value is -3.86. The minimum absolute atomic E-state index is 0.128. The van der Waals surface area contributed by atoms with E-state index in [0.717, 1.165) is 11.2 Å². The van der Waals surface area contributed by atoms with Crippen molar-refractivity contribution in [1.82, 2.24) is 19.6 Å². The number of aromatic nitrogens is 4. The molecule has 0 aliphatic heterocycles. The summed E-state index contributed by atoms with van der Waals surface area (Å²) in [6, 6.07) is 14.7. The summed E-state index contributed by atoms with van der Waals surface area (Å²) in [5.41, 5.74) is 3.57. The molecule has 8 heteroatoms. The molecule has 0 bridgehead atoms. The number of carbonyl (C=O) groups excluding carboxylic acids is 1. The summed E-state index contributed by atoms with van der Waals surface area (Å²) < 4.78 is 1.75. The van der Waals surface area contributed by atoms with E-state index in [1.54, 1.807) is 16.6 Å². The third kappa shape index (κ3) is 2.74. The zero-order valence-corrected chi connectivity index (χ0v) is 13.2. The molecular weight excluding hydrogens is 318 g/mol. The monoisotopic (exact) mass is 331 g/mol. The van der Waals surface area contributed by atoms with Gasteiger partial charge < -0.3 is 10.6 Å². The van der Waals surface area contributed by atoms with Gasteiger partial charge in [0, 0.05) is 18.3 Å². The maximum atomic E-state index is 11.2. The molecular formula is C17H13N7O. The van der Waals surface area contributed by atoms with Crippen molar-refractivity contribution in [3.05, 3.63) is 48.0 Å². The normalized spacial score (nSPS) is 10.7. The quantitative estimate of drug-likeness (QED) is 0.534.